The number of benzene rings is 3. The van der Waals surface area contributed by atoms with E-state index in [0.717, 1.165) is 12.1 Å². The molecule has 0 aliphatic heterocycles. The van der Waals surface area contributed by atoms with Gasteiger partial charge < -0.3 is 14.7 Å². The van der Waals surface area contributed by atoms with Crippen molar-refractivity contribution in [2.45, 2.75) is 24.4 Å². The van der Waals surface area contributed by atoms with E-state index in [4.69, 9.17) is 9.57 Å². The second-order valence-electron chi connectivity index (χ2n) is 7.22. The molecule has 0 spiro atoms. The Balaban J connectivity index is 1.93. The standard InChI is InChI=1S/C23H17F8NO3/c24-21(25,23(29,30)31)15-6-4-11-19(12-15)35-32(14-20(33)22(26,27)28)16-7-5-10-18(13-16)34-17-8-2-1-3-9-17/h1-13,20,33H,14H2/t20-/m1/s1. The zero-order chi connectivity index (χ0) is 25.9. The maximum Gasteiger partial charge on any atom is 0.458 e. The van der Waals surface area contributed by atoms with Crippen LogP contribution in [-0.4, -0.2) is 30.1 Å². The molecular weight excluding hydrogens is 490 g/mol. The number of halogens is 8. The van der Waals surface area contributed by atoms with E-state index in [-0.39, 0.29) is 11.4 Å². The number of ether oxygens (including phenoxy) is 1. The van der Waals surface area contributed by atoms with Gasteiger partial charge in [0.2, 0.25) is 0 Å². The van der Waals surface area contributed by atoms with Gasteiger partial charge in [0.05, 0.1) is 12.2 Å². The van der Waals surface area contributed by atoms with Crippen molar-refractivity contribution in [3.63, 3.8) is 0 Å². The molecule has 0 aliphatic rings. The van der Waals surface area contributed by atoms with E-state index in [1.807, 2.05) is 0 Å². The van der Waals surface area contributed by atoms with E-state index in [9.17, 15) is 40.2 Å². The average Bonchev–Trinajstić information content (AvgIpc) is 2.78. The first-order chi connectivity index (χ1) is 16.3. The van der Waals surface area contributed by atoms with E-state index in [1.165, 1.54) is 24.3 Å². The Morgan fingerprint density at radius 3 is 1.94 bits per heavy atom. The molecule has 0 saturated carbocycles. The van der Waals surface area contributed by atoms with Gasteiger partial charge in [-0.2, -0.15) is 35.1 Å². The number of anilines is 1. The maximum atomic E-state index is 13.7. The molecule has 1 N–H and O–H groups in total. The summed E-state index contributed by atoms with van der Waals surface area (Å²) < 4.78 is 110. The molecule has 0 amide bonds. The third-order valence-corrected chi connectivity index (χ3v) is 4.57. The van der Waals surface area contributed by atoms with Crippen LogP contribution < -0.4 is 14.6 Å². The van der Waals surface area contributed by atoms with Crippen LogP contribution in [0.5, 0.6) is 17.2 Å². The van der Waals surface area contributed by atoms with Gasteiger partial charge in [-0.25, -0.2) is 5.06 Å². The van der Waals surface area contributed by atoms with Crippen molar-refractivity contribution in [2.24, 2.45) is 0 Å². The molecule has 12 heteroatoms. The number of rotatable bonds is 8. The van der Waals surface area contributed by atoms with Crippen LogP contribution in [0.4, 0.5) is 40.8 Å². The van der Waals surface area contributed by atoms with E-state index >= 15 is 0 Å². The zero-order valence-corrected chi connectivity index (χ0v) is 17.5. The van der Waals surface area contributed by atoms with Crippen LogP contribution in [0.3, 0.4) is 0 Å². The highest BCUT2D eigenvalue weighted by molar-refractivity contribution is 5.51. The summed E-state index contributed by atoms with van der Waals surface area (Å²) in [6, 6.07) is 16.3. The minimum absolute atomic E-state index is 0.102. The van der Waals surface area contributed by atoms with Crippen LogP contribution >= 0.6 is 0 Å². The molecule has 4 nitrogen and oxygen atoms in total. The monoisotopic (exact) mass is 507 g/mol. The molecule has 0 aliphatic carbocycles. The number of hydroxylamine groups is 1. The molecular formula is C23H17F8NO3. The lowest BCUT2D eigenvalue weighted by Gasteiger charge is -2.28. The second-order valence-corrected chi connectivity index (χ2v) is 7.22. The van der Waals surface area contributed by atoms with Gasteiger partial charge in [-0.05, 0) is 36.4 Å². The van der Waals surface area contributed by atoms with Crippen molar-refractivity contribution in [2.75, 3.05) is 11.6 Å². The van der Waals surface area contributed by atoms with Crippen molar-refractivity contribution in [3.05, 3.63) is 84.4 Å². The van der Waals surface area contributed by atoms with Crippen LogP contribution in [0.15, 0.2) is 78.9 Å². The number of nitrogens with zero attached hydrogens (tertiary/aromatic N) is 1. The zero-order valence-electron chi connectivity index (χ0n) is 17.5. The fraction of sp³-hybridized carbons (Fsp3) is 0.217. The van der Waals surface area contributed by atoms with Crippen molar-refractivity contribution in [1.29, 1.82) is 0 Å². The fourth-order valence-corrected chi connectivity index (χ4v) is 2.82. The molecule has 35 heavy (non-hydrogen) atoms. The Morgan fingerprint density at radius 1 is 0.714 bits per heavy atom. The molecule has 0 unspecified atom stereocenters. The first-order valence-corrected chi connectivity index (χ1v) is 9.86. The van der Waals surface area contributed by atoms with Crippen LogP contribution in [0, 0.1) is 0 Å². The summed E-state index contributed by atoms with van der Waals surface area (Å²) >= 11 is 0. The van der Waals surface area contributed by atoms with Gasteiger partial charge in [0.1, 0.15) is 11.5 Å². The van der Waals surface area contributed by atoms with E-state index in [2.05, 4.69) is 0 Å². The third-order valence-electron chi connectivity index (χ3n) is 4.57. The number of para-hydroxylation sites is 1. The topological polar surface area (TPSA) is 41.9 Å². The van der Waals surface area contributed by atoms with Crippen LogP contribution in [0.2, 0.25) is 0 Å². The second kappa shape index (κ2) is 9.98. The first-order valence-electron chi connectivity index (χ1n) is 9.86. The van der Waals surface area contributed by atoms with E-state index in [1.54, 1.807) is 30.3 Å². The predicted molar refractivity (Wildman–Crippen MR) is 109 cm³/mol. The Hall–Kier alpha value is -3.54. The van der Waals surface area contributed by atoms with Crippen LogP contribution in [0.1, 0.15) is 5.56 Å². The lowest BCUT2D eigenvalue weighted by atomic mass is 10.1. The van der Waals surface area contributed by atoms with E-state index < -0.39 is 42.2 Å². The van der Waals surface area contributed by atoms with Gasteiger partial charge >= 0.3 is 18.3 Å². The first kappa shape index (κ1) is 26.1. The predicted octanol–water partition coefficient (Wildman–Crippen LogP) is 6.86. The van der Waals surface area contributed by atoms with Gasteiger partial charge in [-0.15, -0.1) is 0 Å². The van der Waals surface area contributed by atoms with Crippen LogP contribution in [-0.2, 0) is 5.92 Å². The van der Waals surface area contributed by atoms with Crippen molar-refractivity contribution >= 4 is 5.69 Å². The summed E-state index contributed by atoms with van der Waals surface area (Å²) in [5.74, 6) is -5.29. The van der Waals surface area contributed by atoms with Crippen molar-refractivity contribution in [3.8, 4) is 17.2 Å². The van der Waals surface area contributed by atoms with Crippen molar-refractivity contribution < 1.29 is 49.8 Å². The SMILES string of the molecule is O[C@H](CN(Oc1cccc(C(F)(F)C(F)(F)F)c1)c1cccc(Oc2ccccc2)c1)C(F)(F)F. The number of alkyl halides is 8. The quantitative estimate of drug-likeness (QED) is 0.267. The molecule has 0 heterocycles. The summed E-state index contributed by atoms with van der Waals surface area (Å²) in [6.45, 7) is -1.22. The highest BCUT2D eigenvalue weighted by atomic mass is 19.4. The molecule has 3 aromatic carbocycles. The van der Waals surface area contributed by atoms with Gasteiger partial charge in [0.15, 0.2) is 11.9 Å². The van der Waals surface area contributed by atoms with Crippen molar-refractivity contribution in [1.82, 2.24) is 0 Å². The Bertz CT molecular complexity index is 1120. The molecule has 0 bridgehead atoms. The van der Waals surface area contributed by atoms with Gasteiger partial charge in [0.25, 0.3) is 0 Å². The molecule has 0 aromatic heterocycles. The van der Waals surface area contributed by atoms with Gasteiger partial charge in [-0.1, -0.05) is 36.4 Å². The van der Waals surface area contributed by atoms with E-state index in [0.29, 0.717) is 22.9 Å². The Morgan fingerprint density at radius 2 is 1.31 bits per heavy atom. The number of aliphatic hydroxyl groups excluding tert-OH is 1. The normalized spacial score (nSPS) is 13.3. The maximum absolute atomic E-state index is 13.7. The highest BCUT2D eigenvalue weighted by Crippen LogP contribution is 2.44. The number of aliphatic hydroxyl groups is 1. The number of hydrogen-bond acceptors (Lipinski definition) is 4. The number of hydrogen-bond donors (Lipinski definition) is 1. The van der Waals surface area contributed by atoms with Gasteiger partial charge in [-0.3, -0.25) is 0 Å². The minimum Gasteiger partial charge on any atom is -0.457 e. The molecule has 1 atom stereocenters. The lowest BCUT2D eigenvalue weighted by Crippen LogP contribution is -2.42. The van der Waals surface area contributed by atoms with Gasteiger partial charge in [0, 0.05) is 11.6 Å². The molecule has 0 fully saturated rings. The summed E-state index contributed by atoms with van der Waals surface area (Å²) in [5, 5.41) is 10.1. The summed E-state index contributed by atoms with van der Waals surface area (Å²) in [7, 11) is 0. The van der Waals surface area contributed by atoms with Crippen LogP contribution in [0.25, 0.3) is 0 Å². The molecule has 3 rings (SSSR count). The highest BCUT2D eigenvalue weighted by Gasteiger charge is 2.58. The minimum atomic E-state index is -5.90. The third kappa shape index (κ3) is 6.53. The molecule has 0 radical (unpaired) electrons. The Labute approximate surface area is 193 Å². The summed E-state index contributed by atoms with van der Waals surface area (Å²) in [4.78, 5) is 5.24. The molecule has 188 valence electrons. The smallest absolute Gasteiger partial charge is 0.457 e. The summed E-state index contributed by atoms with van der Waals surface area (Å²) in [5.41, 5.74) is -1.57. The largest absolute Gasteiger partial charge is 0.458 e. The fourth-order valence-electron chi connectivity index (χ4n) is 2.82. The lowest BCUT2D eigenvalue weighted by molar-refractivity contribution is -0.289. The summed E-state index contributed by atoms with van der Waals surface area (Å²) in [6.07, 6.45) is -13.9. The Kier molecular flexibility index (Phi) is 7.44. The molecule has 0 saturated heterocycles. The molecule has 3 aromatic rings. The average molecular weight is 507 g/mol.